The smallest absolute Gasteiger partial charge is 0.319 e. The van der Waals surface area contributed by atoms with Crippen molar-refractivity contribution >= 4 is 23.2 Å². The molecule has 1 N–H and O–H groups in total. The number of carbonyl (C=O) groups is 2. The molecule has 0 fully saturated rings. The first-order valence-electron chi connectivity index (χ1n) is 12.6. The predicted molar refractivity (Wildman–Crippen MR) is 145 cm³/mol. The van der Waals surface area contributed by atoms with Crippen LogP contribution in [0.1, 0.15) is 52.8 Å². The molecule has 0 aliphatic carbocycles. The molecule has 0 saturated heterocycles. The fourth-order valence-electron chi connectivity index (χ4n) is 5.69. The first kappa shape index (κ1) is 24.6. The second-order valence-corrected chi connectivity index (χ2v) is 10.1. The van der Waals surface area contributed by atoms with Gasteiger partial charge in [-0.05, 0) is 57.0 Å². The molecule has 2 amide bonds. The Balaban J connectivity index is 1.71. The number of amides is 2. The van der Waals surface area contributed by atoms with E-state index in [1.807, 2.05) is 74.7 Å². The number of carbonyl (C=O) groups excluding carboxylic acids is 2. The third kappa shape index (κ3) is 3.30. The number of aryl methyl sites for hydroxylation is 2. The minimum absolute atomic E-state index is 0.142. The molecular formula is C29H28N6O4. The zero-order chi connectivity index (χ0) is 27.6. The maximum absolute atomic E-state index is 14.4. The molecule has 0 radical (unpaired) electrons. The summed E-state index contributed by atoms with van der Waals surface area (Å²) in [4.78, 5) is 43.6. The lowest BCUT2D eigenvalue weighted by atomic mass is 9.86. The maximum atomic E-state index is 14.4. The lowest BCUT2D eigenvalue weighted by molar-refractivity contribution is -0.119. The molecule has 6 rings (SSSR count). The van der Waals surface area contributed by atoms with Crippen molar-refractivity contribution in [3.05, 3.63) is 76.7 Å². The first-order valence-corrected chi connectivity index (χ1v) is 12.6. The number of hydrogen-bond acceptors (Lipinski definition) is 7. The predicted octanol–water partition coefficient (Wildman–Crippen LogP) is 4.41. The molecule has 2 aromatic heterocycles. The summed E-state index contributed by atoms with van der Waals surface area (Å²) < 4.78 is 12.7. The number of nitrogens with zero attached hydrogens (tertiary/aromatic N) is 5. The Morgan fingerprint density at radius 2 is 1.74 bits per heavy atom. The fourth-order valence-corrected chi connectivity index (χ4v) is 5.69. The SMILES string of the molecule is COc1ncc(-c2nc3c(n2C(C)C)C2(C(=O)Nc4cc(C)ccc42)N(c2cccc(C)c2)C3=O)c(OC)n1. The number of imidazole rings is 1. The van der Waals surface area contributed by atoms with E-state index < -0.39 is 5.54 Å². The monoisotopic (exact) mass is 524 g/mol. The highest BCUT2D eigenvalue weighted by Gasteiger charge is 2.64. The van der Waals surface area contributed by atoms with Gasteiger partial charge in [-0.15, -0.1) is 0 Å². The van der Waals surface area contributed by atoms with Crippen molar-refractivity contribution in [2.24, 2.45) is 0 Å². The van der Waals surface area contributed by atoms with Crippen LogP contribution < -0.4 is 19.7 Å². The Labute approximate surface area is 225 Å². The van der Waals surface area contributed by atoms with Gasteiger partial charge in [0.05, 0.1) is 25.5 Å². The summed E-state index contributed by atoms with van der Waals surface area (Å²) >= 11 is 0. The topological polar surface area (TPSA) is 111 Å². The van der Waals surface area contributed by atoms with Crippen LogP contribution in [0, 0.1) is 13.8 Å². The third-order valence-corrected chi connectivity index (χ3v) is 7.26. The largest absolute Gasteiger partial charge is 0.480 e. The van der Waals surface area contributed by atoms with Crippen LogP contribution in [0.2, 0.25) is 0 Å². The summed E-state index contributed by atoms with van der Waals surface area (Å²) in [6, 6.07) is 13.3. The van der Waals surface area contributed by atoms with Gasteiger partial charge in [0.15, 0.2) is 11.2 Å². The Hall–Kier alpha value is -4.73. The van der Waals surface area contributed by atoms with E-state index in [1.54, 1.807) is 11.1 Å². The van der Waals surface area contributed by atoms with Gasteiger partial charge < -0.3 is 19.4 Å². The van der Waals surface area contributed by atoms with Crippen molar-refractivity contribution in [2.45, 2.75) is 39.3 Å². The number of ether oxygens (including phenoxy) is 2. The van der Waals surface area contributed by atoms with Crippen LogP contribution in [-0.4, -0.2) is 45.6 Å². The van der Waals surface area contributed by atoms with Crippen molar-refractivity contribution in [1.29, 1.82) is 0 Å². The van der Waals surface area contributed by atoms with Gasteiger partial charge in [0, 0.05) is 29.2 Å². The van der Waals surface area contributed by atoms with Gasteiger partial charge in [0.25, 0.3) is 11.8 Å². The van der Waals surface area contributed by atoms with Crippen molar-refractivity contribution in [3.8, 4) is 23.3 Å². The molecule has 4 heterocycles. The highest BCUT2D eigenvalue weighted by Crippen LogP contribution is 2.54. The van der Waals surface area contributed by atoms with Crippen LogP contribution in [0.5, 0.6) is 11.9 Å². The number of fused-ring (bicyclic) bond motifs is 4. The van der Waals surface area contributed by atoms with Crippen molar-refractivity contribution < 1.29 is 19.1 Å². The molecule has 1 spiro atoms. The Kier molecular flexibility index (Phi) is 5.46. The zero-order valence-corrected chi connectivity index (χ0v) is 22.6. The first-order chi connectivity index (χ1) is 18.7. The van der Waals surface area contributed by atoms with Gasteiger partial charge in [-0.1, -0.05) is 24.3 Å². The summed E-state index contributed by atoms with van der Waals surface area (Å²) in [5.74, 6) is -0.00735. The molecule has 4 aromatic rings. The van der Waals surface area contributed by atoms with E-state index in [9.17, 15) is 9.59 Å². The third-order valence-electron chi connectivity index (χ3n) is 7.26. The normalized spacial score (nSPS) is 17.6. The molecule has 0 saturated carbocycles. The number of hydrogen-bond donors (Lipinski definition) is 1. The van der Waals surface area contributed by atoms with Crippen molar-refractivity contribution in [2.75, 3.05) is 24.4 Å². The molecule has 198 valence electrons. The van der Waals surface area contributed by atoms with E-state index in [1.165, 1.54) is 14.2 Å². The van der Waals surface area contributed by atoms with E-state index >= 15 is 0 Å². The van der Waals surface area contributed by atoms with Gasteiger partial charge in [-0.3, -0.25) is 14.5 Å². The molecule has 2 aliphatic heterocycles. The van der Waals surface area contributed by atoms with Gasteiger partial charge >= 0.3 is 6.01 Å². The molecule has 2 aliphatic rings. The number of rotatable bonds is 5. The van der Waals surface area contributed by atoms with Crippen LogP contribution in [0.3, 0.4) is 0 Å². The second-order valence-electron chi connectivity index (χ2n) is 10.1. The molecule has 10 heteroatoms. The van der Waals surface area contributed by atoms with Gasteiger partial charge in [0.1, 0.15) is 5.82 Å². The number of anilines is 2. The molecule has 0 bridgehead atoms. The van der Waals surface area contributed by atoms with Crippen molar-refractivity contribution in [1.82, 2.24) is 19.5 Å². The van der Waals surface area contributed by atoms with Crippen LogP contribution >= 0.6 is 0 Å². The Morgan fingerprint density at radius 1 is 0.974 bits per heavy atom. The maximum Gasteiger partial charge on any atom is 0.319 e. The molecule has 39 heavy (non-hydrogen) atoms. The Bertz CT molecular complexity index is 1680. The Morgan fingerprint density at radius 3 is 2.44 bits per heavy atom. The van der Waals surface area contributed by atoms with Crippen LogP contribution in [0.4, 0.5) is 11.4 Å². The molecular weight excluding hydrogens is 496 g/mol. The quantitative estimate of drug-likeness (QED) is 0.412. The van der Waals surface area contributed by atoms with E-state index in [0.29, 0.717) is 34.0 Å². The molecule has 1 unspecified atom stereocenters. The fraction of sp³-hybridized carbons (Fsp3) is 0.276. The van der Waals surface area contributed by atoms with E-state index in [0.717, 1.165) is 11.1 Å². The van der Waals surface area contributed by atoms with E-state index in [-0.39, 0.29) is 35.4 Å². The van der Waals surface area contributed by atoms with Gasteiger partial charge in [-0.25, -0.2) is 9.97 Å². The number of aromatic nitrogens is 4. The lowest BCUT2D eigenvalue weighted by Crippen LogP contribution is -2.51. The average molecular weight is 525 g/mol. The van der Waals surface area contributed by atoms with Crippen LogP contribution in [0.25, 0.3) is 11.4 Å². The van der Waals surface area contributed by atoms with E-state index in [4.69, 9.17) is 14.5 Å². The lowest BCUT2D eigenvalue weighted by Gasteiger charge is -2.36. The highest BCUT2D eigenvalue weighted by molar-refractivity contribution is 6.23. The summed E-state index contributed by atoms with van der Waals surface area (Å²) in [6.45, 7) is 7.89. The van der Waals surface area contributed by atoms with Crippen LogP contribution in [0.15, 0.2) is 48.7 Å². The minimum Gasteiger partial charge on any atom is -0.480 e. The zero-order valence-electron chi connectivity index (χ0n) is 22.6. The van der Waals surface area contributed by atoms with E-state index in [2.05, 4.69) is 15.3 Å². The number of nitrogens with one attached hydrogen (secondary N) is 1. The number of methoxy groups -OCH3 is 2. The molecule has 1 atom stereocenters. The minimum atomic E-state index is -1.47. The van der Waals surface area contributed by atoms with Gasteiger partial charge in [0.2, 0.25) is 5.88 Å². The number of benzene rings is 2. The summed E-state index contributed by atoms with van der Waals surface area (Å²) in [7, 11) is 2.97. The molecule has 2 aromatic carbocycles. The average Bonchev–Trinajstić information content (AvgIpc) is 3.52. The molecule has 10 nitrogen and oxygen atoms in total. The standard InChI is InChI=1S/C29H28N6O4/c1-15(2)34-23-22(32-24(34)19-14-30-28(39-6)33-25(19)38-5)26(36)35(18-9-7-8-16(3)12-18)29(23)20-11-10-17(4)13-21(20)31-27(29)37/h7-15H,1-6H3,(H,31,37). The summed E-state index contributed by atoms with van der Waals surface area (Å²) in [5.41, 5.74) is 3.64. The highest BCUT2D eigenvalue weighted by atomic mass is 16.5. The second kappa shape index (κ2) is 8.65. The summed E-state index contributed by atoms with van der Waals surface area (Å²) in [6.07, 6.45) is 1.56. The van der Waals surface area contributed by atoms with Crippen molar-refractivity contribution in [3.63, 3.8) is 0 Å². The van der Waals surface area contributed by atoms with Crippen LogP contribution in [-0.2, 0) is 10.3 Å². The van der Waals surface area contributed by atoms with Gasteiger partial charge in [-0.2, -0.15) is 4.98 Å². The summed E-state index contributed by atoms with van der Waals surface area (Å²) in [5, 5.41) is 3.06.